The third-order valence-corrected chi connectivity index (χ3v) is 4.70. The van der Waals surface area contributed by atoms with Crippen molar-refractivity contribution >= 4 is 52.2 Å². The van der Waals surface area contributed by atoms with E-state index in [2.05, 4.69) is 10.4 Å². The van der Waals surface area contributed by atoms with Crippen molar-refractivity contribution in [2.75, 3.05) is 5.32 Å². The van der Waals surface area contributed by atoms with E-state index in [-0.39, 0.29) is 22.1 Å². The number of amides is 1. The van der Waals surface area contributed by atoms with Gasteiger partial charge in [0.1, 0.15) is 5.02 Å². The minimum Gasteiger partial charge on any atom is -0.305 e. The zero-order valence-corrected chi connectivity index (χ0v) is 15.8. The summed E-state index contributed by atoms with van der Waals surface area (Å²) in [4.78, 5) is 22.6. The van der Waals surface area contributed by atoms with Crippen LogP contribution < -0.4 is 5.32 Å². The molecule has 3 rings (SSSR count). The standard InChI is InChI=1S/C17H11Cl3N4O3/c18-12-2-1-3-13(19)11(12)9-23-7-6-16(22-23)21-17(25)10-4-5-14(20)15(8-10)24(26)27/h1-8H,9H2,(H,21,22,25). The lowest BCUT2D eigenvalue weighted by atomic mass is 10.2. The number of hydrogen-bond acceptors (Lipinski definition) is 4. The van der Waals surface area contributed by atoms with Gasteiger partial charge in [0.15, 0.2) is 5.82 Å². The molecule has 0 aliphatic carbocycles. The van der Waals surface area contributed by atoms with Crippen LogP contribution in [0, 0.1) is 10.1 Å². The molecular weight excluding hydrogens is 415 g/mol. The van der Waals surface area contributed by atoms with Gasteiger partial charge in [0.2, 0.25) is 0 Å². The van der Waals surface area contributed by atoms with Crippen LogP contribution in [0.2, 0.25) is 15.1 Å². The first-order valence-corrected chi connectivity index (χ1v) is 8.70. The summed E-state index contributed by atoms with van der Waals surface area (Å²) in [6.07, 6.45) is 1.65. The van der Waals surface area contributed by atoms with Crippen LogP contribution in [0.1, 0.15) is 15.9 Å². The van der Waals surface area contributed by atoms with Crippen molar-refractivity contribution < 1.29 is 9.72 Å². The van der Waals surface area contributed by atoms with Gasteiger partial charge in [0.25, 0.3) is 11.6 Å². The highest BCUT2D eigenvalue weighted by molar-refractivity contribution is 6.36. The van der Waals surface area contributed by atoms with Gasteiger partial charge < -0.3 is 5.32 Å². The number of nitrogens with zero attached hydrogens (tertiary/aromatic N) is 3. The molecule has 1 heterocycles. The number of nitro groups is 1. The van der Waals surface area contributed by atoms with Crippen LogP contribution in [0.5, 0.6) is 0 Å². The Labute approximate surface area is 168 Å². The third kappa shape index (κ3) is 4.39. The second-order valence-electron chi connectivity index (χ2n) is 5.48. The Morgan fingerprint density at radius 1 is 1.11 bits per heavy atom. The fourth-order valence-electron chi connectivity index (χ4n) is 2.34. The van der Waals surface area contributed by atoms with Crippen molar-refractivity contribution in [1.29, 1.82) is 0 Å². The quantitative estimate of drug-likeness (QED) is 0.457. The summed E-state index contributed by atoms with van der Waals surface area (Å²) in [5.74, 6) is -0.267. The number of aromatic nitrogens is 2. The van der Waals surface area contributed by atoms with E-state index in [0.717, 1.165) is 6.07 Å². The average molecular weight is 426 g/mol. The van der Waals surface area contributed by atoms with Crippen LogP contribution in [-0.2, 0) is 6.54 Å². The van der Waals surface area contributed by atoms with E-state index >= 15 is 0 Å². The van der Waals surface area contributed by atoms with Crippen LogP contribution in [0.4, 0.5) is 11.5 Å². The van der Waals surface area contributed by atoms with Gasteiger partial charge in [0, 0.05) is 39.5 Å². The summed E-state index contributed by atoms with van der Waals surface area (Å²) in [6, 6.07) is 10.6. The van der Waals surface area contributed by atoms with E-state index in [4.69, 9.17) is 34.8 Å². The molecule has 0 aliphatic rings. The molecule has 1 amide bonds. The molecule has 7 nitrogen and oxygen atoms in total. The Bertz CT molecular complexity index is 1020. The average Bonchev–Trinajstić information content (AvgIpc) is 3.05. The Morgan fingerprint density at radius 2 is 1.81 bits per heavy atom. The number of nitrogens with one attached hydrogen (secondary N) is 1. The highest BCUT2D eigenvalue weighted by Gasteiger charge is 2.17. The van der Waals surface area contributed by atoms with Crippen molar-refractivity contribution in [1.82, 2.24) is 9.78 Å². The lowest BCUT2D eigenvalue weighted by Gasteiger charge is -2.07. The smallest absolute Gasteiger partial charge is 0.288 e. The van der Waals surface area contributed by atoms with Gasteiger partial charge in [-0.3, -0.25) is 19.6 Å². The minimum absolute atomic E-state index is 0.0440. The van der Waals surface area contributed by atoms with Crippen molar-refractivity contribution in [2.24, 2.45) is 0 Å². The SMILES string of the molecule is O=C(Nc1ccn(Cc2c(Cl)cccc2Cl)n1)c1ccc(Cl)c([N+](=O)[O-])c1. The Kier molecular flexibility index (Phi) is 5.65. The summed E-state index contributed by atoms with van der Waals surface area (Å²) in [7, 11) is 0. The van der Waals surface area contributed by atoms with Crippen molar-refractivity contribution in [3.8, 4) is 0 Å². The van der Waals surface area contributed by atoms with Gasteiger partial charge in [-0.15, -0.1) is 0 Å². The molecule has 0 bridgehead atoms. The molecule has 0 unspecified atom stereocenters. The van der Waals surface area contributed by atoms with Crippen LogP contribution in [0.3, 0.4) is 0 Å². The molecule has 138 valence electrons. The second kappa shape index (κ2) is 7.96. The van der Waals surface area contributed by atoms with Gasteiger partial charge >= 0.3 is 0 Å². The number of anilines is 1. The normalized spacial score (nSPS) is 10.6. The van der Waals surface area contributed by atoms with Gasteiger partial charge in [-0.05, 0) is 24.3 Å². The van der Waals surface area contributed by atoms with Crippen LogP contribution in [0.25, 0.3) is 0 Å². The lowest BCUT2D eigenvalue weighted by molar-refractivity contribution is -0.384. The third-order valence-electron chi connectivity index (χ3n) is 3.67. The fraction of sp³-hybridized carbons (Fsp3) is 0.0588. The van der Waals surface area contributed by atoms with E-state index in [0.29, 0.717) is 22.2 Å². The lowest BCUT2D eigenvalue weighted by Crippen LogP contribution is -2.13. The number of rotatable bonds is 5. The molecule has 3 aromatic rings. The van der Waals surface area contributed by atoms with Crippen LogP contribution >= 0.6 is 34.8 Å². The first-order chi connectivity index (χ1) is 12.8. The first-order valence-electron chi connectivity index (χ1n) is 7.57. The molecule has 27 heavy (non-hydrogen) atoms. The van der Waals surface area contributed by atoms with Crippen LogP contribution in [0.15, 0.2) is 48.7 Å². The number of halogens is 3. The predicted octanol–water partition coefficient (Wildman–Crippen LogP) is 5.05. The second-order valence-corrected chi connectivity index (χ2v) is 6.70. The number of benzene rings is 2. The number of carbonyl (C=O) groups is 1. The zero-order valence-electron chi connectivity index (χ0n) is 13.5. The van der Waals surface area contributed by atoms with Crippen LogP contribution in [-0.4, -0.2) is 20.6 Å². The molecule has 1 aromatic heterocycles. The largest absolute Gasteiger partial charge is 0.305 e. The Balaban J connectivity index is 1.75. The van der Waals surface area contributed by atoms with E-state index in [1.165, 1.54) is 12.1 Å². The van der Waals surface area contributed by atoms with E-state index in [9.17, 15) is 14.9 Å². The van der Waals surface area contributed by atoms with Gasteiger partial charge in [-0.2, -0.15) is 5.10 Å². The molecular formula is C17H11Cl3N4O3. The van der Waals surface area contributed by atoms with Crippen molar-refractivity contribution in [3.63, 3.8) is 0 Å². The Morgan fingerprint density at radius 3 is 2.48 bits per heavy atom. The zero-order chi connectivity index (χ0) is 19.6. The molecule has 0 fully saturated rings. The molecule has 0 aliphatic heterocycles. The van der Waals surface area contributed by atoms with Gasteiger partial charge in [0.05, 0.1) is 11.5 Å². The summed E-state index contributed by atoms with van der Waals surface area (Å²) in [6.45, 7) is 0.320. The molecule has 10 heteroatoms. The highest BCUT2D eigenvalue weighted by Crippen LogP contribution is 2.26. The molecule has 0 saturated heterocycles. The monoisotopic (exact) mass is 424 g/mol. The van der Waals surface area contributed by atoms with E-state index in [1.807, 2.05) is 0 Å². The molecule has 0 atom stereocenters. The van der Waals surface area contributed by atoms with Crippen molar-refractivity contribution in [3.05, 3.63) is 85.0 Å². The summed E-state index contributed by atoms with van der Waals surface area (Å²) in [5, 5.41) is 18.7. The molecule has 0 spiro atoms. The summed E-state index contributed by atoms with van der Waals surface area (Å²) in [5.41, 5.74) is 0.452. The topological polar surface area (TPSA) is 90.1 Å². The summed E-state index contributed by atoms with van der Waals surface area (Å²) >= 11 is 18.0. The molecule has 0 saturated carbocycles. The molecule has 0 radical (unpaired) electrons. The maximum Gasteiger partial charge on any atom is 0.288 e. The first kappa shape index (κ1) is 19.2. The number of hydrogen-bond donors (Lipinski definition) is 1. The van der Waals surface area contributed by atoms with Crippen molar-refractivity contribution in [2.45, 2.75) is 6.54 Å². The maximum absolute atomic E-state index is 12.3. The van der Waals surface area contributed by atoms with Gasteiger partial charge in [-0.25, -0.2) is 0 Å². The molecule has 2 aromatic carbocycles. The number of nitro benzene ring substituents is 1. The predicted molar refractivity (Wildman–Crippen MR) is 104 cm³/mol. The van der Waals surface area contributed by atoms with Gasteiger partial charge in [-0.1, -0.05) is 40.9 Å². The fourth-order valence-corrected chi connectivity index (χ4v) is 3.05. The number of carbonyl (C=O) groups excluding carboxylic acids is 1. The highest BCUT2D eigenvalue weighted by atomic mass is 35.5. The molecule has 1 N–H and O–H groups in total. The maximum atomic E-state index is 12.3. The summed E-state index contributed by atoms with van der Waals surface area (Å²) < 4.78 is 1.56. The van der Waals surface area contributed by atoms with E-state index in [1.54, 1.807) is 35.1 Å². The minimum atomic E-state index is -0.652. The Hall–Kier alpha value is -2.61. The van der Waals surface area contributed by atoms with E-state index < -0.39 is 10.8 Å².